The van der Waals surface area contributed by atoms with E-state index in [2.05, 4.69) is 55.6 Å². The number of amides is 1. The number of allylic oxidation sites excluding steroid dienone is 7. The van der Waals surface area contributed by atoms with Crippen molar-refractivity contribution in [2.24, 2.45) is 0 Å². The van der Waals surface area contributed by atoms with Gasteiger partial charge in [-0.2, -0.15) is 0 Å². The summed E-state index contributed by atoms with van der Waals surface area (Å²) in [7, 11) is 0. The quantitative estimate of drug-likeness (QED) is 0.0195. The van der Waals surface area contributed by atoms with Gasteiger partial charge in [0, 0.05) is 12.8 Å². The van der Waals surface area contributed by atoms with Gasteiger partial charge in [-0.25, -0.2) is 0 Å². The van der Waals surface area contributed by atoms with E-state index in [4.69, 9.17) is 14.2 Å². The van der Waals surface area contributed by atoms with Crippen molar-refractivity contribution in [3.63, 3.8) is 0 Å². The molecule has 0 radical (unpaired) electrons. The van der Waals surface area contributed by atoms with Gasteiger partial charge in [0.25, 0.3) is 0 Å². The molecule has 0 aliphatic carbocycles. The molecular weight excluding hydrogens is 1130 g/mol. The second kappa shape index (κ2) is 69.0. The highest BCUT2D eigenvalue weighted by Crippen LogP contribution is 2.24. The van der Waals surface area contributed by atoms with Gasteiger partial charge in [0.05, 0.1) is 32.0 Å². The zero-order valence-electron chi connectivity index (χ0n) is 59.6. The Kier molecular flexibility index (Phi) is 65.7. The molecule has 1 heterocycles. The van der Waals surface area contributed by atoms with Crippen molar-refractivity contribution in [3.8, 4) is 0 Å². The second-order valence-electron chi connectivity index (χ2n) is 27.4. The third-order valence-electron chi connectivity index (χ3n) is 18.6. The van der Waals surface area contributed by atoms with Gasteiger partial charge in [0.1, 0.15) is 24.4 Å². The summed E-state index contributed by atoms with van der Waals surface area (Å²) < 4.78 is 16.7. The van der Waals surface area contributed by atoms with Crippen molar-refractivity contribution in [3.05, 3.63) is 48.6 Å². The summed E-state index contributed by atoms with van der Waals surface area (Å²) in [4.78, 5) is 25.1. The molecule has 1 rings (SSSR count). The predicted molar refractivity (Wildman–Crippen MR) is 384 cm³/mol. The molecule has 1 amide bonds. The van der Waals surface area contributed by atoms with Gasteiger partial charge >= 0.3 is 5.97 Å². The van der Waals surface area contributed by atoms with E-state index in [0.717, 1.165) is 64.2 Å². The molecule has 6 N–H and O–H groups in total. The lowest BCUT2D eigenvalue weighted by molar-refractivity contribution is -0.302. The Morgan fingerprint density at radius 2 is 0.714 bits per heavy atom. The van der Waals surface area contributed by atoms with Crippen LogP contribution in [0.25, 0.3) is 0 Å². The molecule has 0 aromatic carbocycles. The number of hydrogen-bond donors (Lipinski definition) is 6. The molecule has 0 aromatic heterocycles. The number of rotatable bonds is 70. The van der Waals surface area contributed by atoms with Crippen molar-refractivity contribution in [1.82, 2.24) is 5.32 Å². The van der Waals surface area contributed by atoms with Crippen LogP contribution in [-0.4, -0.2) is 100 Å². The third-order valence-corrected chi connectivity index (χ3v) is 18.6. The summed E-state index contributed by atoms with van der Waals surface area (Å²) in [6, 6.07) is -0.832. The van der Waals surface area contributed by atoms with Gasteiger partial charge < -0.3 is 45.1 Å². The Labute approximate surface area is 561 Å². The minimum atomic E-state index is -1.58. The smallest absolute Gasteiger partial charge is 0.305 e. The summed E-state index contributed by atoms with van der Waals surface area (Å²) >= 11 is 0. The molecule has 7 atom stereocenters. The minimum absolute atomic E-state index is 0.0165. The zero-order chi connectivity index (χ0) is 65.8. The van der Waals surface area contributed by atoms with Crippen molar-refractivity contribution in [2.75, 3.05) is 19.8 Å². The maximum absolute atomic E-state index is 13.1. The molecule has 11 nitrogen and oxygen atoms in total. The number of unbranched alkanes of at least 4 members (excludes halogenated alkanes) is 50. The fourth-order valence-corrected chi connectivity index (χ4v) is 12.5. The monoisotopic (exact) mass is 1280 g/mol. The first kappa shape index (κ1) is 86.6. The lowest BCUT2D eigenvalue weighted by atomic mass is 9.99. The maximum Gasteiger partial charge on any atom is 0.305 e. The van der Waals surface area contributed by atoms with Crippen LogP contribution in [0.15, 0.2) is 48.6 Å². The summed E-state index contributed by atoms with van der Waals surface area (Å²) in [5.74, 6) is -0.175. The highest BCUT2D eigenvalue weighted by molar-refractivity contribution is 5.76. The van der Waals surface area contributed by atoms with Gasteiger partial charge in [-0.3, -0.25) is 9.59 Å². The van der Waals surface area contributed by atoms with Gasteiger partial charge in [0.2, 0.25) is 5.91 Å². The minimum Gasteiger partial charge on any atom is -0.466 e. The van der Waals surface area contributed by atoms with E-state index >= 15 is 0 Å². The molecule has 0 saturated carbocycles. The Morgan fingerprint density at radius 3 is 1.11 bits per heavy atom. The number of hydrogen-bond acceptors (Lipinski definition) is 10. The van der Waals surface area contributed by atoms with Gasteiger partial charge in [-0.15, -0.1) is 0 Å². The Hall–Kier alpha value is -2.38. The third kappa shape index (κ3) is 57.6. The van der Waals surface area contributed by atoms with E-state index in [1.54, 1.807) is 6.08 Å². The van der Waals surface area contributed by atoms with Gasteiger partial charge in [-0.1, -0.05) is 339 Å². The lowest BCUT2D eigenvalue weighted by Gasteiger charge is -2.40. The topological polar surface area (TPSA) is 175 Å². The molecule has 1 fully saturated rings. The average Bonchev–Trinajstić information content (AvgIpc) is 1.98. The number of ether oxygens (including phenoxy) is 3. The number of nitrogens with one attached hydrogen (secondary N) is 1. The molecule has 91 heavy (non-hydrogen) atoms. The number of carbonyl (C=O) groups is 2. The maximum atomic E-state index is 13.1. The van der Waals surface area contributed by atoms with Crippen molar-refractivity contribution < 1.29 is 49.3 Å². The van der Waals surface area contributed by atoms with E-state index < -0.39 is 49.5 Å². The highest BCUT2D eigenvalue weighted by Gasteiger charge is 2.44. The van der Waals surface area contributed by atoms with Crippen LogP contribution in [0.3, 0.4) is 0 Å². The number of esters is 1. The summed E-state index contributed by atoms with van der Waals surface area (Å²) in [5.41, 5.74) is 0. The fourth-order valence-electron chi connectivity index (χ4n) is 12.5. The number of carbonyl (C=O) groups excluding carboxylic acids is 2. The Morgan fingerprint density at radius 1 is 0.396 bits per heavy atom. The van der Waals surface area contributed by atoms with Crippen LogP contribution in [0.4, 0.5) is 0 Å². The summed E-state index contributed by atoms with van der Waals surface area (Å²) in [6.07, 6.45) is 81.5. The predicted octanol–water partition coefficient (Wildman–Crippen LogP) is 21.1. The first-order chi connectivity index (χ1) is 44.7. The molecule has 7 unspecified atom stereocenters. The molecule has 1 aliphatic rings. The molecule has 0 bridgehead atoms. The van der Waals surface area contributed by atoms with Crippen molar-refractivity contribution in [1.29, 1.82) is 0 Å². The van der Waals surface area contributed by atoms with E-state index in [1.807, 2.05) is 6.08 Å². The molecule has 1 aliphatic heterocycles. The molecule has 11 heteroatoms. The molecular formula is C80H149NO10. The first-order valence-corrected chi connectivity index (χ1v) is 39.4. The zero-order valence-corrected chi connectivity index (χ0v) is 59.6. The molecule has 0 spiro atoms. The van der Waals surface area contributed by atoms with Crippen molar-refractivity contribution in [2.45, 2.75) is 429 Å². The van der Waals surface area contributed by atoms with Crippen molar-refractivity contribution >= 4 is 11.9 Å². The normalized spacial score (nSPS) is 17.8. The molecule has 1 saturated heterocycles. The van der Waals surface area contributed by atoms with Crippen LogP contribution in [0.5, 0.6) is 0 Å². The second-order valence-corrected chi connectivity index (χ2v) is 27.4. The number of aliphatic hydroxyl groups is 5. The Bertz CT molecular complexity index is 1650. The van der Waals surface area contributed by atoms with Crippen LogP contribution >= 0.6 is 0 Å². The Balaban J connectivity index is 1.91. The highest BCUT2D eigenvalue weighted by atomic mass is 16.7. The first-order valence-electron chi connectivity index (χ1n) is 39.4. The van der Waals surface area contributed by atoms with Gasteiger partial charge in [0.15, 0.2) is 6.29 Å². The van der Waals surface area contributed by atoms with Crippen LogP contribution in [0.2, 0.25) is 0 Å². The van der Waals surface area contributed by atoms with Gasteiger partial charge in [-0.05, 0) is 83.5 Å². The fraction of sp³-hybridized carbons (Fsp3) is 0.875. The molecule has 534 valence electrons. The largest absolute Gasteiger partial charge is 0.466 e. The van der Waals surface area contributed by atoms with E-state index in [-0.39, 0.29) is 18.5 Å². The van der Waals surface area contributed by atoms with Crippen LogP contribution < -0.4 is 5.32 Å². The lowest BCUT2D eigenvalue weighted by Crippen LogP contribution is -2.60. The SMILES string of the molecule is CCCCC/C=C/CC/C=C/CC/C=C/C(O)C(COC1OC(CO)C(O)C(O)C1O)NC(=O)CCCCCCCCCCCCCCCCCCC/C=C\CCCCCCCCCCCCCCCCCCCCOC(=O)CCCCCCCCCCCCC. The standard InChI is InChI=1S/C80H149NO10/c1-3-5-7-9-11-13-15-43-47-50-54-58-62-66-73(83)72(71-90-80-79(88)78(87)77(86)74(70-82)91-80)81-75(84)67-63-59-55-51-48-44-41-39-37-35-33-31-29-27-25-23-21-19-17-16-18-20-22-24-26-28-30-32-34-36-38-40-42-45-49-53-57-61-65-69-89-76(85)68-64-60-56-52-46-14-12-10-8-6-4-2/h11,13,16-17,47,50,62,66,72-74,77-80,82-83,86-88H,3-10,12,14-15,18-46,48-49,51-61,63-65,67-71H2,1-2H3,(H,81,84)/b13-11+,17-16-,50-47+,66-62+. The van der Waals surface area contributed by atoms with E-state index in [9.17, 15) is 35.1 Å². The van der Waals surface area contributed by atoms with Crippen LogP contribution in [0.1, 0.15) is 386 Å². The van der Waals surface area contributed by atoms with Crippen LogP contribution in [0, 0.1) is 0 Å². The van der Waals surface area contributed by atoms with Crippen LogP contribution in [-0.2, 0) is 23.8 Å². The average molecular weight is 1290 g/mol. The number of aliphatic hydroxyl groups excluding tert-OH is 5. The van der Waals surface area contributed by atoms with E-state index in [0.29, 0.717) is 19.4 Å². The van der Waals surface area contributed by atoms with E-state index in [1.165, 1.54) is 295 Å². The summed E-state index contributed by atoms with van der Waals surface area (Å²) in [5, 5.41) is 54.5. The summed E-state index contributed by atoms with van der Waals surface area (Å²) in [6.45, 7) is 4.33. The molecule has 0 aromatic rings.